The molecule has 0 saturated carbocycles. The van der Waals surface area contributed by atoms with Gasteiger partial charge in [0.15, 0.2) is 29.5 Å². The molecule has 0 atom stereocenters. The molecular formula is C11H14N8O2. The van der Waals surface area contributed by atoms with Crippen molar-refractivity contribution in [3.63, 3.8) is 0 Å². The average molecular weight is 290 g/mol. The van der Waals surface area contributed by atoms with E-state index < -0.39 is 5.78 Å². The summed E-state index contributed by atoms with van der Waals surface area (Å²) in [7, 11) is 0. The van der Waals surface area contributed by atoms with Crippen LogP contribution in [-0.2, 0) is 9.59 Å². The molecule has 0 aliphatic rings. The molecule has 6 N–H and O–H groups in total. The first-order chi connectivity index (χ1) is 10.0. The summed E-state index contributed by atoms with van der Waals surface area (Å²) in [6.07, 6.45) is 2.09. The molecule has 10 heteroatoms. The number of nitrogen functional groups attached to an aromatic ring is 1. The van der Waals surface area contributed by atoms with Crippen LogP contribution >= 0.6 is 0 Å². The number of imidazole rings is 1. The summed E-state index contributed by atoms with van der Waals surface area (Å²) >= 11 is 0. The number of guanidine groups is 1. The maximum Gasteiger partial charge on any atom is 0.236 e. The molecule has 0 aliphatic heterocycles. The van der Waals surface area contributed by atoms with Crippen LogP contribution in [0, 0.1) is 5.41 Å². The van der Waals surface area contributed by atoms with Gasteiger partial charge < -0.3 is 16.5 Å². The summed E-state index contributed by atoms with van der Waals surface area (Å²) in [5, 5.41) is 7.56. The van der Waals surface area contributed by atoms with Crippen LogP contribution in [-0.4, -0.2) is 44.5 Å². The first kappa shape index (κ1) is 14.4. The minimum absolute atomic E-state index is 0.0629. The van der Waals surface area contributed by atoms with Gasteiger partial charge in [-0.25, -0.2) is 4.98 Å². The third-order valence-corrected chi connectivity index (χ3v) is 2.77. The molecule has 2 aromatic heterocycles. The smallest absolute Gasteiger partial charge is 0.236 e. The first-order valence-electron chi connectivity index (χ1n) is 6.09. The fourth-order valence-corrected chi connectivity index (χ4v) is 1.76. The van der Waals surface area contributed by atoms with E-state index in [9.17, 15) is 9.59 Å². The number of anilines is 2. The van der Waals surface area contributed by atoms with Gasteiger partial charge in [-0.05, 0) is 6.42 Å². The molecule has 10 nitrogen and oxygen atoms in total. The number of hydrogen-bond donors (Lipinski definition) is 4. The van der Waals surface area contributed by atoms with E-state index >= 15 is 0 Å². The topological polar surface area (TPSA) is 168 Å². The normalized spacial score (nSPS) is 10.5. The van der Waals surface area contributed by atoms with Gasteiger partial charge in [0.25, 0.3) is 0 Å². The van der Waals surface area contributed by atoms with Gasteiger partial charge in [-0.1, -0.05) is 0 Å². The van der Waals surface area contributed by atoms with Crippen molar-refractivity contribution in [2.24, 2.45) is 5.73 Å². The molecule has 2 heterocycles. The molecular weight excluding hydrogens is 276 g/mol. The minimum atomic E-state index is -0.512. The van der Waals surface area contributed by atoms with Crippen LogP contribution in [0.5, 0.6) is 0 Å². The second-order valence-corrected chi connectivity index (χ2v) is 4.23. The van der Waals surface area contributed by atoms with Crippen molar-refractivity contribution >= 4 is 41.0 Å². The number of nitrogens with two attached hydrogens (primary N) is 2. The highest BCUT2D eigenvalue weighted by molar-refractivity contribution is 6.24. The van der Waals surface area contributed by atoms with Gasteiger partial charge in [-0.15, -0.1) is 0 Å². The number of nitrogens with one attached hydrogen (secondary N) is 2. The Morgan fingerprint density at radius 2 is 2.24 bits per heavy atom. The summed E-state index contributed by atoms with van der Waals surface area (Å²) in [6, 6.07) is 0. The highest BCUT2D eigenvalue weighted by Crippen LogP contribution is 2.18. The van der Waals surface area contributed by atoms with E-state index in [1.807, 2.05) is 0 Å². The molecule has 0 unspecified atom stereocenters. The molecule has 2 rings (SSSR count). The predicted molar refractivity (Wildman–Crippen MR) is 75.7 cm³/mol. The zero-order valence-corrected chi connectivity index (χ0v) is 11.0. The lowest BCUT2D eigenvalue weighted by Gasteiger charge is -2.20. The molecule has 0 spiro atoms. The maximum absolute atomic E-state index is 11.0. The Hall–Kier alpha value is -3.04. The maximum atomic E-state index is 11.0. The van der Waals surface area contributed by atoms with Gasteiger partial charge in [-0.2, -0.15) is 9.97 Å². The van der Waals surface area contributed by atoms with E-state index in [1.54, 1.807) is 0 Å². The van der Waals surface area contributed by atoms with Crippen LogP contribution in [0.1, 0.15) is 12.8 Å². The molecule has 0 fully saturated rings. The molecule has 2 aromatic rings. The second kappa shape index (κ2) is 5.94. The Bertz CT molecular complexity index is 695. The van der Waals surface area contributed by atoms with E-state index in [4.69, 9.17) is 16.9 Å². The number of rotatable bonds is 6. The predicted octanol–water partition coefficient (Wildman–Crippen LogP) is -0.817. The third-order valence-electron chi connectivity index (χ3n) is 2.77. The number of nitrogens with zero attached hydrogens (tertiary/aromatic N) is 4. The van der Waals surface area contributed by atoms with Crippen molar-refractivity contribution < 1.29 is 9.59 Å². The quantitative estimate of drug-likeness (QED) is 0.231. The second-order valence-electron chi connectivity index (χ2n) is 4.23. The number of aromatic amines is 1. The van der Waals surface area contributed by atoms with Gasteiger partial charge in [-0.3, -0.25) is 19.9 Å². The van der Waals surface area contributed by atoms with Crippen molar-refractivity contribution in [2.75, 3.05) is 17.2 Å². The highest BCUT2D eigenvalue weighted by atomic mass is 16.2. The van der Waals surface area contributed by atoms with E-state index in [0.29, 0.717) is 17.6 Å². The van der Waals surface area contributed by atoms with Crippen molar-refractivity contribution in [1.29, 1.82) is 5.41 Å². The Balaban J connectivity index is 2.21. The number of aromatic nitrogens is 4. The van der Waals surface area contributed by atoms with Crippen molar-refractivity contribution in [3.8, 4) is 0 Å². The molecule has 0 amide bonds. The van der Waals surface area contributed by atoms with E-state index in [0.717, 1.165) is 0 Å². The molecule has 0 radical (unpaired) electrons. The number of hydrogen-bond acceptors (Lipinski definition) is 7. The zero-order valence-electron chi connectivity index (χ0n) is 11.0. The van der Waals surface area contributed by atoms with E-state index in [-0.39, 0.29) is 37.0 Å². The number of Topliss-reactive ketones (excluding diaryl/α,β-unsaturated/α-hetero) is 1. The summed E-state index contributed by atoms with van der Waals surface area (Å²) in [4.78, 5) is 37.5. The third kappa shape index (κ3) is 3.11. The number of aldehydes is 1. The van der Waals surface area contributed by atoms with Gasteiger partial charge >= 0.3 is 0 Å². The summed E-state index contributed by atoms with van der Waals surface area (Å²) in [5.41, 5.74) is 12.1. The fourth-order valence-electron chi connectivity index (χ4n) is 1.76. The molecule has 0 bridgehead atoms. The van der Waals surface area contributed by atoms with Crippen molar-refractivity contribution in [3.05, 3.63) is 6.33 Å². The summed E-state index contributed by atoms with van der Waals surface area (Å²) < 4.78 is 0. The van der Waals surface area contributed by atoms with Crippen LogP contribution in [0.25, 0.3) is 11.2 Å². The summed E-state index contributed by atoms with van der Waals surface area (Å²) in [5.74, 6) is -0.495. The number of ketones is 1. The lowest BCUT2D eigenvalue weighted by Crippen LogP contribution is -2.38. The van der Waals surface area contributed by atoms with Crippen molar-refractivity contribution in [1.82, 2.24) is 19.9 Å². The molecule has 0 aliphatic carbocycles. The Labute approximate surface area is 119 Å². The Morgan fingerprint density at radius 3 is 2.90 bits per heavy atom. The van der Waals surface area contributed by atoms with Crippen LogP contribution in [0.4, 0.5) is 11.8 Å². The monoisotopic (exact) mass is 290 g/mol. The molecule has 0 aromatic carbocycles. The van der Waals surface area contributed by atoms with Crippen LogP contribution in [0.2, 0.25) is 0 Å². The fraction of sp³-hybridized carbons (Fsp3) is 0.273. The molecule has 110 valence electrons. The van der Waals surface area contributed by atoms with Gasteiger partial charge in [0.2, 0.25) is 5.95 Å². The number of fused-ring (bicyclic) bond motifs is 1. The Morgan fingerprint density at radius 1 is 1.48 bits per heavy atom. The van der Waals surface area contributed by atoms with Gasteiger partial charge in [0.1, 0.15) is 5.52 Å². The number of carbonyl (C=O) groups excluding carboxylic acids is 2. The Kier molecular flexibility index (Phi) is 4.07. The summed E-state index contributed by atoms with van der Waals surface area (Å²) in [6.45, 7) is 0.213. The van der Waals surface area contributed by atoms with E-state index in [1.165, 1.54) is 11.2 Å². The standard InChI is InChI=1S/C11H14N8O2/c12-8-7-9(16-5-15-7)18-11(17-8)19(10(13)14)3-1-2-6(21)4-20/h4-5H,1-3H2,(H3,13,14)(H3,12,15,16,17,18). The lowest BCUT2D eigenvalue weighted by molar-refractivity contribution is -0.129. The van der Waals surface area contributed by atoms with Gasteiger partial charge in [0.05, 0.1) is 6.33 Å². The van der Waals surface area contributed by atoms with Crippen molar-refractivity contribution in [2.45, 2.75) is 12.8 Å². The lowest BCUT2D eigenvalue weighted by atomic mass is 10.2. The van der Waals surface area contributed by atoms with E-state index in [2.05, 4.69) is 19.9 Å². The minimum Gasteiger partial charge on any atom is -0.382 e. The highest BCUT2D eigenvalue weighted by Gasteiger charge is 2.16. The molecule has 21 heavy (non-hydrogen) atoms. The average Bonchev–Trinajstić information content (AvgIpc) is 2.91. The van der Waals surface area contributed by atoms with Crippen LogP contribution in [0.3, 0.4) is 0 Å². The van der Waals surface area contributed by atoms with Crippen LogP contribution in [0.15, 0.2) is 6.33 Å². The zero-order chi connectivity index (χ0) is 15.4. The number of carbonyl (C=O) groups is 2. The molecule has 0 saturated heterocycles. The SMILES string of the molecule is N=C(N)N(CCCC(=O)C=O)c1nc(N)c2[nH]cnc2n1. The van der Waals surface area contributed by atoms with Gasteiger partial charge in [0, 0.05) is 13.0 Å². The van der Waals surface area contributed by atoms with Crippen LogP contribution < -0.4 is 16.4 Å². The largest absolute Gasteiger partial charge is 0.382 e. The first-order valence-corrected chi connectivity index (χ1v) is 6.09. The number of H-pyrrole nitrogens is 1.